The summed E-state index contributed by atoms with van der Waals surface area (Å²) >= 11 is 0. The molecule has 3 aromatic rings. The average Bonchev–Trinajstić information content (AvgIpc) is 3.52. The van der Waals surface area contributed by atoms with E-state index in [0.717, 1.165) is 55.0 Å². The molecule has 3 heterocycles. The average molecular weight is 499 g/mol. The highest BCUT2D eigenvalue weighted by Gasteiger charge is 2.43. The Labute approximate surface area is 218 Å². The minimum atomic E-state index is 0.0241. The van der Waals surface area contributed by atoms with Crippen molar-refractivity contribution >= 4 is 17.9 Å². The zero-order valence-electron chi connectivity index (χ0n) is 21.6. The lowest BCUT2D eigenvalue weighted by atomic mass is 9.77. The van der Waals surface area contributed by atoms with Crippen molar-refractivity contribution in [3.05, 3.63) is 83.7 Å². The first-order valence-corrected chi connectivity index (χ1v) is 13.1. The van der Waals surface area contributed by atoms with E-state index in [1.165, 1.54) is 0 Å². The Balaban J connectivity index is 1.18. The minimum absolute atomic E-state index is 0.0241. The molecular formula is C30H34N4O3. The summed E-state index contributed by atoms with van der Waals surface area (Å²) < 4.78 is 7.48. The third-order valence-electron chi connectivity index (χ3n) is 7.73. The number of nitrogens with zero attached hydrogens (tertiary/aromatic N) is 4. The van der Waals surface area contributed by atoms with E-state index >= 15 is 0 Å². The SMILES string of the molecule is CCOc1ccccc1C=CC(=O)N1CCC2(CC1)CCN(C(=O)c1cnn(-c3ccccc3)c1C)C2. The number of benzene rings is 2. The van der Waals surface area contributed by atoms with Gasteiger partial charge in [-0.2, -0.15) is 5.10 Å². The second kappa shape index (κ2) is 10.6. The van der Waals surface area contributed by atoms with Crippen LogP contribution in [-0.4, -0.2) is 64.2 Å². The van der Waals surface area contributed by atoms with Gasteiger partial charge in [0.2, 0.25) is 5.91 Å². The molecule has 2 saturated heterocycles. The molecule has 7 heteroatoms. The van der Waals surface area contributed by atoms with Crippen LogP contribution in [0.5, 0.6) is 5.75 Å². The van der Waals surface area contributed by atoms with Gasteiger partial charge in [0.1, 0.15) is 5.75 Å². The Morgan fingerprint density at radius 3 is 2.38 bits per heavy atom. The lowest BCUT2D eigenvalue weighted by Crippen LogP contribution is -2.44. The van der Waals surface area contributed by atoms with Crippen molar-refractivity contribution in [3.8, 4) is 11.4 Å². The molecule has 1 aromatic heterocycles. The molecule has 0 radical (unpaired) electrons. The molecule has 2 amide bonds. The van der Waals surface area contributed by atoms with Gasteiger partial charge in [-0.1, -0.05) is 36.4 Å². The number of rotatable bonds is 6. The maximum absolute atomic E-state index is 13.4. The number of hydrogen-bond donors (Lipinski definition) is 0. The van der Waals surface area contributed by atoms with Crippen LogP contribution in [0.2, 0.25) is 0 Å². The quantitative estimate of drug-likeness (QED) is 0.460. The topological polar surface area (TPSA) is 67.7 Å². The number of amides is 2. The first kappa shape index (κ1) is 24.8. The van der Waals surface area contributed by atoms with Crippen molar-refractivity contribution in [1.82, 2.24) is 19.6 Å². The monoisotopic (exact) mass is 498 g/mol. The molecule has 7 nitrogen and oxygen atoms in total. The molecule has 2 aromatic carbocycles. The third kappa shape index (κ3) is 5.17. The predicted octanol–water partition coefficient (Wildman–Crippen LogP) is 4.75. The molecule has 2 fully saturated rings. The van der Waals surface area contributed by atoms with Gasteiger partial charge < -0.3 is 14.5 Å². The molecule has 2 aliphatic heterocycles. The third-order valence-corrected chi connectivity index (χ3v) is 7.73. The van der Waals surface area contributed by atoms with E-state index in [2.05, 4.69) is 5.10 Å². The Bertz CT molecular complexity index is 1290. The summed E-state index contributed by atoms with van der Waals surface area (Å²) in [6.45, 7) is 7.39. The highest BCUT2D eigenvalue weighted by atomic mass is 16.5. The Hall–Kier alpha value is -3.87. The molecule has 1 spiro atoms. The van der Waals surface area contributed by atoms with Gasteiger partial charge in [0.15, 0.2) is 0 Å². The first-order valence-electron chi connectivity index (χ1n) is 13.1. The van der Waals surface area contributed by atoms with Crippen LogP contribution in [-0.2, 0) is 4.79 Å². The lowest BCUT2D eigenvalue weighted by molar-refractivity contribution is -0.128. The fourth-order valence-electron chi connectivity index (χ4n) is 5.51. The Kier molecular flexibility index (Phi) is 7.12. The van der Waals surface area contributed by atoms with Crippen LogP contribution in [0.15, 0.2) is 66.9 Å². The summed E-state index contributed by atoms with van der Waals surface area (Å²) in [7, 11) is 0. The summed E-state index contributed by atoms with van der Waals surface area (Å²) in [4.78, 5) is 30.2. The fraction of sp³-hybridized carbons (Fsp3) is 0.367. The van der Waals surface area contributed by atoms with Crippen LogP contribution in [0.3, 0.4) is 0 Å². The fourth-order valence-corrected chi connectivity index (χ4v) is 5.51. The van der Waals surface area contributed by atoms with Gasteiger partial charge in [-0.25, -0.2) is 4.68 Å². The van der Waals surface area contributed by atoms with Crippen LogP contribution in [0, 0.1) is 12.3 Å². The maximum atomic E-state index is 13.4. The molecule has 5 rings (SSSR count). The number of aromatic nitrogens is 2. The second-order valence-electron chi connectivity index (χ2n) is 10.00. The summed E-state index contributed by atoms with van der Waals surface area (Å²) in [6.07, 6.45) is 7.97. The highest BCUT2D eigenvalue weighted by Crippen LogP contribution is 2.41. The van der Waals surface area contributed by atoms with E-state index in [1.807, 2.05) is 89.0 Å². The number of carbonyl (C=O) groups is 2. The van der Waals surface area contributed by atoms with Gasteiger partial charge in [-0.15, -0.1) is 0 Å². The van der Waals surface area contributed by atoms with Crippen molar-refractivity contribution in [2.24, 2.45) is 5.41 Å². The standard InChI is InChI=1S/C30H34N4O3/c1-3-37-27-12-8-7-9-24(27)13-14-28(35)32-18-15-30(16-19-32)17-20-33(22-30)29(36)26-21-31-34(23(26)2)25-10-5-4-6-11-25/h4-14,21H,3,15-20,22H2,1-2H3. The predicted molar refractivity (Wildman–Crippen MR) is 144 cm³/mol. The van der Waals surface area contributed by atoms with Crippen molar-refractivity contribution in [2.75, 3.05) is 32.8 Å². The number of likely N-dealkylation sites (tertiary alicyclic amines) is 2. The van der Waals surface area contributed by atoms with Crippen LogP contribution in [0.1, 0.15) is 47.8 Å². The minimum Gasteiger partial charge on any atom is -0.493 e. The molecule has 0 bridgehead atoms. The van der Waals surface area contributed by atoms with Gasteiger partial charge >= 0.3 is 0 Å². The number of para-hydroxylation sites is 2. The lowest BCUT2D eigenvalue weighted by Gasteiger charge is -2.39. The van der Waals surface area contributed by atoms with Gasteiger partial charge in [-0.05, 0) is 62.8 Å². The molecule has 0 N–H and O–H groups in total. The van der Waals surface area contributed by atoms with Crippen molar-refractivity contribution in [3.63, 3.8) is 0 Å². The second-order valence-corrected chi connectivity index (χ2v) is 10.00. The van der Waals surface area contributed by atoms with Crippen molar-refractivity contribution < 1.29 is 14.3 Å². The van der Waals surface area contributed by atoms with Crippen molar-refractivity contribution in [2.45, 2.75) is 33.1 Å². The number of hydrogen-bond acceptors (Lipinski definition) is 4. The Morgan fingerprint density at radius 2 is 1.65 bits per heavy atom. The molecule has 0 unspecified atom stereocenters. The van der Waals surface area contributed by atoms with Gasteiger partial charge in [-0.3, -0.25) is 9.59 Å². The highest BCUT2D eigenvalue weighted by molar-refractivity contribution is 5.95. The summed E-state index contributed by atoms with van der Waals surface area (Å²) in [6, 6.07) is 17.6. The number of ether oxygens (including phenoxy) is 1. The molecule has 37 heavy (non-hydrogen) atoms. The normalized spacial score (nSPS) is 17.0. The molecule has 2 aliphatic rings. The van der Waals surface area contributed by atoms with Crippen LogP contribution < -0.4 is 4.74 Å². The number of carbonyl (C=O) groups excluding carboxylic acids is 2. The van der Waals surface area contributed by atoms with E-state index < -0.39 is 0 Å². The first-order chi connectivity index (χ1) is 18.0. The Morgan fingerprint density at radius 1 is 0.973 bits per heavy atom. The van der Waals surface area contributed by atoms with Gasteiger partial charge in [0.25, 0.3) is 5.91 Å². The zero-order chi connectivity index (χ0) is 25.8. The molecule has 0 saturated carbocycles. The summed E-state index contributed by atoms with van der Waals surface area (Å²) in [5.41, 5.74) is 3.45. The van der Waals surface area contributed by atoms with E-state index in [-0.39, 0.29) is 17.2 Å². The largest absolute Gasteiger partial charge is 0.493 e. The van der Waals surface area contributed by atoms with Crippen molar-refractivity contribution in [1.29, 1.82) is 0 Å². The van der Waals surface area contributed by atoms with Gasteiger partial charge in [0.05, 0.1) is 29.7 Å². The molecule has 0 atom stereocenters. The summed E-state index contributed by atoms with van der Waals surface area (Å²) in [5.74, 6) is 0.855. The molecular weight excluding hydrogens is 464 g/mol. The van der Waals surface area contributed by atoms with E-state index in [0.29, 0.717) is 25.3 Å². The summed E-state index contributed by atoms with van der Waals surface area (Å²) in [5, 5.41) is 4.48. The smallest absolute Gasteiger partial charge is 0.257 e. The molecule has 192 valence electrons. The number of piperidine rings is 1. The van der Waals surface area contributed by atoms with Crippen LogP contribution in [0.25, 0.3) is 11.8 Å². The van der Waals surface area contributed by atoms with E-state index in [4.69, 9.17) is 4.74 Å². The zero-order valence-corrected chi connectivity index (χ0v) is 21.6. The van der Waals surface area contributed by atoms with Gasteiger partial charge in [0, 0.05) is 37.8 Å². The van der Waals surface area contributed by atoms with E-state index in [1.54, 1.807) is 12.3 Å². The van der Waals surface area contributed by atoms with Crippen LogP contribution in [0.4, 0.5) is 0 Å². The van der Waals surface area contributed by atoms with E-state index in [9.17, 15) is 9.59 Å². The molecule has 0 aliphatic carbocycles. The maximum Gasteiger partial charge on any atom is 0.257 e. The van der Waals surface area contributed by atoms with Crippen LogP contribution >= 0.6 is 0 Å².